The summed E-state index contributed by atoms with van der Waals surface area (Å²) in [4.78, 5) is 34.1. The molecule has 4 aliphatic rings. The van der Waals surface area contributed by atoms with Crippen LogP contribution in [0.4, 0.5) is 5.69 Å². The van der Waals surface area contributed by atoms with Crippen LogP contribution in [0.1, 0.15) is 39.7 Å². The number of anilines is 1. The number of amides is 2. The Morgan fingerprint density at radius 1 is 0.703 bits per heavy atom. The molecule has 1 fully saturated rings. The second kappa shape index (κ2) is 7.46. The van der Waals surface area contributed by atoms with E-state index >= 15 is 0 Å². The maximum atomic E-state index is 14.0. The fourth-order valence-corrected chi connectivity index (χ4v) is 7.91. The van der Waals surface area contributed by atoms with Crippen molar-refractivity contribution in [2.45, 2.75) is 18.8 Å². The van der Waals surface area contributed by atoms with Gasteiger partial charge in [-0.25, -0.2) is 9.88 Å². The predicted molar refractivity (Wildman–Crippen MR) is 146 cm³/mol. The summed E-state index contributed by atoms with van der Waals surface area (Å²) in [5.41, 5.74) is 8.58. The summed E-state index contributed by atoms with van der Waals surface area (Å²) in [7, 11) is 0. The molecule has 5 aromatic rings. The first-order chi connectivity index (χ1) is 18.1. The average molecular weight is 499 g/mol. The van der Waals surface area contributed by atoms with E-state index in [1.807, 2.05) is 54.6 Å². The first-order valence-electron chi connectivity index (χ1n) is 12.6. The third-order valence-electron chi connectivity index (χ3n) is 8.36. The molecule has 2 amide bonds. The molecule has 2 heterocycles. The van der Waals surface area contributed by atoms with Gasteiger partial charge in [-0.1, -0.05) is 54.6 Å². The zero-order chi connectivity index (χ0) is 24.8. The normalized spacial score (nSPS) is 23.3. The summed E-state index contributed by atoms with van der Waals surface area (Å²) in [6.07, 6.45) is 0. The summed E-state index contributed by atoms with van der Waals surface area (Å²) in [6, 6.07) is 30.7. The van der Waals surface area contributed by atoms with Gasteiger partial charge in [0.05, 0.1) is 27.7 Å². The van der Waals surface area contributed by atoms with Crippen LogP contribution < -0.4 is 4.90 Å². The molecule has 2 unspecified atom stereocenters. The number of hydrogen-bond donors (Lipinski definition) is 0. The lowest BCUT2D eigenvalue weighted by molar-refractivity contribution is -0.122. The largest absolute Gasteiger partial charge is 0.274 e. The third-order valence-corrected chi connectivity index (χ3v) is 9.43. The molecule has 0 spiro atoms. The summed E-state index contributed by atoms with van der Waals surface area (Å²) < 4.78 is 1.16. The predicted octanol–water partition coefficient (Wildman–Crippen LogP) is 6.67. The maximum absolute atomic E-state index is 14.0. The van der Waals surface area contributed by atoms with Gasteiger partial charge in [-0.15, -0.1) is 11.3 Å². The number of carbonyl (C=O) groups excluding carboxylic acids is 2. The van der Waals surface area contributed by atoms with Gasteiger partial charge in [-0.2, -0.15) is 0 Å². The second-order valence-electron chi connectivity index (χ2n) is 10.3. The van der Waals surface area contributed by atoms with Crippen molar-refractivity contribution in [3.8, 4) is 10.6 Å². The number of rotatable bonds is 2. The maximum Gasteiger partial charge on any atom is 0.238 e. The number of thiazole rings is 1. The molecule has 0 radical (unpaired) electrons. The molecule has 0 N–H and O–H groups in total. The van der Waals surface area contributed by atoms with E-state index in [4.69, 9.17) is 4.98 Å². The van der Waals surface area contributed by atoms with Crippen LogP contribution in [0.5, 0.6) is 0 Å². The van der Waals surface area contributed by atoms with Crippen molar-refractivity contribution >= 4 is 39.1 Å². The van der Waals surface area contributed by atoms with Gasteiger partial charge < -0.3 is 0 Å². The number of aromatic nitrogens is 1. The molecule has 9 rings (SSSR count). The Labute approximate surface area is 218 Å². The zero-order valence-corrected chi connectivity index (χ0v) is 20.9. The van der Waals surface area contributed by atoms with E-state index in [0.717, 1.165) is 20.8 Å². The Kier molecular flexibility index (Phi) is 4.24. The number of hydrogen-bond acceptors (Lipinski definition) is 4. The van der Waals surface area contributed by atoms with Crippen molar-refractivity contribution in [3.63, 3.8) is 0 Å². The average Bonchev–Trinajstić information content (AvgIpc) is 3.47. The first-order valence-corrected chi connectivity index (χ1v) is 13.4. The fourth-order valence-electron chi connectivity index (χ4n) is 6.84. The van der Waals surface area contributed by atoms with Crippen molar-refractivity contribution in [3.05, 3.63) is 119 Å². The Morgan fingerprint density at radius 2 is 1.24 bits per heavy atom. The summed E-state index contributed by atoms with van der Waals surface area (Å²) in [5.74, 6) is -1.08. The molecule has 1 aliphatic heterocycles. The molecule has 2 bridgehead atoms. The minimum absolute atomic E-state index is 0.0859. The monoisotopic (exact) mass is 498 g/mol. The number of nitrogens with zero attached hydrogens (tertiary/aromatic N) is 2. The molecule has 2 atom stereocenters. The molecular weight excluding hydrogens is 476 g/mol. The lowest BCUT2D eigenvalue weighted by Crippen LogP contribution is -2.41. The Morgan fingerprint density at radius 3 is 1.78 bits per heavy atom. The van der Waals surface area contributed by atoms with E-state index in [1.54, 1.807) is 11.3 Å². The van der Waals surface area contributed by atoms with Gasteiger partial charge >= 0.3 is 0 Å². The minimum atomic E-state index is -0.366. The van der Waals surface area contributed by atoms with Gasteiger partial charge in [0.15, 0.2) is 0 Å². The van der Waals surface area contributed by atoms with Gasteiger partial charge in [0.25, 0.3) is 0 Å². The molecule has 5 heteroatoms. The highest BCUT2D eigenvalue weighted by atomic mass is 32.1. The first kappa shape index (κ1) is 21.0. The van der Waals surface area contributed by atoms with Crippen LogP contribution in [0.15, 0.2) is 91.0 Å². The second-order valence-corrected chi connectivity index (χ2v) is 11.3. The van der Waals surface area contributed by atoms with E-state index in [0.29, 0.717) is 5.69 Å². The number of aryl methyl sites for hydroxylation is 1. The van der Waals surface area contributed by atoms with Gasteiger partial charge in [0, 0.05) is 17.4 Å². The molecule has 4 aromatic carbocycles. The molecule has 1 saturated heterocycles. The lowest BCUT2D eigenvalue weighted by Gasteiger charge is -2.45. The summed E-state index contributed by atoms with van der Waals surface area (Å²) in [6.45, 7) is 2.08. The Hall–Kier alpha value is -4.09. The van der Waals surface area contributed by atoms with Gasteiger partial charge in [-0.3, -0.25) is 9.59 Å². The number of fused-ring (bicyclic) bond motifs is 1. The third kappa shape index (κ3) is 2.80. The van der Waals surface area contributed by atoms with Crippen LogP contribution in [-0.2, 0) is 9.59 Å². The zero-order valence-electron chi connectivity index (χ0n) is 20.1. The highest BCUT2D eigenvalue weighted by Gasteiger charge is 2.61. The highest BCUT2D eigenvalue weighted by molar-refractivity contribution is 7.21. The SMILES string of the molecule is Cc1ccc2nc(-c3ccc(N4C(=O)C5C6c7ccccc7C(c7ccccc76)C5C4=O)cc3)sc2c1. The molecular formula is C32H22N2O2S. The number of benzene rings is 4. The van der Waals surface area contributed by atoms with Crippen molar-refractivity contribution in [1.29, 1.82) is 0 Å². The molecule has 0 saturated carbocycles. The lowest BCUT2D eigenvalue weighted by atomic mass is 9.55. The number of imide groups is 1. The highest BCUT2D eigenvalue weighted by Crippen LogP contribution is 2.61. The quantitative estimate of drug-likeness (QED) is 0.256. The van der Waals surface area contributed by atoms with Crippen LogP contribution in [0.2, 0.25) is 0 Å². The fraction of sp³-hybridized carbons (Fsp3) is 0.156. The van der Waals surface area contributed by atoms with Crippen molar-refractivity contribution < 1.29 is 9.59 Å². The molecule has 3 aliphatic carbocycles. The number of carbonyl (C=O) groups is 2. The molecule has 4 nitrogen and oxygen atoms in total. The van der Waals surface area contributed by atoms with Gasteiger partial charge in [-0.05, 0) is 71.1 Å². The van der Waals surface area contributed by atoms with E-state index in [1.165, 1.54) is 32.7 Å². The van der Waals surface area contributed by atoms with E-state index in [9.17, 15) is 9.59 Å². The standard InChI is InChI=1S/C32H22N2O2S/c1-17-10-15-24-25(16-17)37-30(33-24)18-11-13-19(14-12-18)34-31(35)28-26-20-6-2-3-7-21(20)27(29(28)32(34)36)23-9-5-4-8-22(23)26/h2-16,26-29H,1H3. The van der Waals surface area contributed by atoms with Crippen LogP contribution >= 0.6 is 11.3 Å². The topological polar surface area (TPSA) is 50.3 Å². The van der Waals surface area contributed by atoms with Gasteiger partial charge in [0.2, 0.25) is 11.8 Å². The van der Waals surface area contributed by atoms with Crippen LogP contribution in [0.25, 0.3) is 20.8 Å². The Bertz CT molecular complexity index is 1650. The van der Waals surface area contributed by atoms with Crippen molar-refractivity contribution in [2.75, 3.05) is 4.90 Å². The molecule has 178 valence electrons. The van der Waals surface area contributed by atoms with Crippen molar-refractivity contribution in [1.82, 2.24) is 4.98 Å². The van der Waals surface area contributed by atoms with E-state index < -0.39 is 0 Å². The molecule has 37 heavy (non-hydrogen) atoms. The summed E-state index contributed by atoms with van der Waals surface area (Å²) >= 11 is 1.66. The van der Waals surface area contributed by atoms with Gasteiger partial charge in [0.1, 0.15) is 5.01 Å². The minimum Gasteiger partial charge on any atom is -0.274 e. The van der Waals surface area contributed by atoms with Crippen LogP contribution in [0.3, 0.4) is 0 Å². The Balaban J connectivity index is 1.19. The summed E-state index contributed by atoms with van der Waals surface area (Å²) in [5, 5.41) is 0.934. The van der Waals surface area contributed by atoms with Crippen molar-refractivity contribution in [2.24, 2.45) is 11.8 Å². The molecule has 1 aromatic heterocycles. The van der Waals surface area contributed by atoms with Crippen LogP contribution in [-0.4, -0.2) is 16.8 Å². The van der Waals surface area contributed by atoms with E-state index in [-0.39, 0.29) is 35.5 Å². The smallest absolute Gasteiger partial charge is 0.238 e. The van der Waals surface area contributed by atoms with E-state index in [2.05, 4.69) is 43.3 Å². The van der Waals surface area contributed by atoms with Crippen LogP contribution in [0, 0.1) is 18.8 Å².